The van der Waals surface area contributed by atoms with Crippen LogP contribution in [0.25, 0.3) is 22.9 Å². The van der Waals surface area contributed by atoms with Gasteiger partial charge in [0.05, 0.1) is 25.5 Å². The molecule has 4 rings (SSSR count). The molecule has 0 aliphatic heterocycles. The van der Waals surface area contributed by atoms with Crippen molar-refractivity contribution in [2.75, 3.05) is 14.2 Å². The molecular formula is C26H20N2O5S. The molecule has 0 aliphatic rings. The maximum Gasteiger partial charge on any atom is 0.373 e. The number of benzene rings is 2. The third-order valence-corrected chi connectivity index (χ3v) is 5.72. The topological polar surface area (TPSA) is 94.6 Å². The number of ether oxygens (including phenoxy) is 3. The summed E-state index contributed by atoms with van der Waals surface area (Å²) in [6, 6.07) is 20.6. The van der Waals surface area contributed by atoms with Crippen molar-refractivity contribution in [1.82, 2.24) is 4.98 Å². The molecule has 0 saturated carbocycles. The normalized spacial score (nSPS) is 11.0. The molecule has 0 saturated heterocycles. The second kappa shape index (κ2) is 10.5. The summed E-state index contributed by atoms with van der Waals surface area (Å²) in [5.41, 5.74) is 3.05. The summed E-state index contributed by atoms with van der Waals surface area (Å²) < 4.78 is 21.3. The van der Waals surface area contributed by atoms with Crippen molar-refractivity contribution in [1.29, 1.82) is 5.26 Å². The Morgan fingerprint density at radius 3 is 2.68 bits per heavy atom. The number of esters is 1. The van der Waals surface area contributed by atoms with Gasteiger partial charge >= 0.3 is 5.97 Å². The quantitative estimate of drug-likeness (QED) is 0.235. The third-order valence-electron chi connectivity index (χ3n) is 4.84. The van der Waals surface area contributed by atoms with Crippen LogP contribution in [0.2, 0.25) is 0 Å². The van der Waals surface area contributed by atoms with Crippen LogP contribution >= 0.6 is 11.3 Å². The number of aromatic nitrogens is 1. The van der Waals surface area contributed by atoms with Crippen LogP contribution < -0.4 is 9.47 Å². The molecule has 0 aliphatic carbocycles. The van der Waals surface area contributed by atoms with E-state index in [4.69, 9.17) is 13.9 Å². The van der Waals surface area contributed by atoms with E-state index in [1.54, 1.807) is 24.3 Å². The van der Waals surface area contributed by atoms with Gasteiger partial charge in [-0.1, -0.05) is 36.4 Å². The van der Waals surface area contributed by atoms with Gasteiger partial charge in [-0.25, -0.2) is 9.78 Å². The molecular weight excluding hydrogens is 452 g/mol. The smallest absolute Gasteiger partial charge is 0.373 e. The van der Waals surface area contributed by atoms with Gasteiger partial charge in [-0.05, 0) is 35.9 Å². The van der Waals surface area contributed by atoms with Gasteiger partial charge in [-0.15, -0.1) is 11.3 Å². The number of nitrogens with zero attached hydrogens (tertiary/aromatic N) is 2. The Morgan fingerprint density at radius 2 is 1.94 bits per heavy atom. The molecule has 0 fully saturated rings. The summed E-state index contributed by atoms with van der Waals surface area (Å²) in [5.74, 6) is 1.01. The summed E-state index contributed by atoms with van der Waals surface area (Å²) in [7, 11) is 2.83. The van der Waals surface area contributed by atoms with Crippen molar-refractivity contribution in [2.45, 2.75) is 6.61 Å². The van der Waals surface area contributed by atoms with Gasteiger partial charge in [0.2, 0.25) is 5.76 Å². The summed E-state index contributed by atoms with van der Waals surface area (Å²) in [6.45, 7) is 0.105. The zero-order valence-electron chi connectivity index (χ0n) is 18.5. The Labute approximate surface area is 200 Å². The van der Waals surface area contributed by atoms with Crippen LogP contribution in [0.4, 0.5) is 0 Å². The second-order valence-electron chi connectivity index (χ2n) is 7.03. The van der Waals surface area contributed by atoms with Crippen LogP contribution in [-0.2, 0) is 11.3 Å². The summed E-state index contributed by atoms with van der Waals surface area (Å²) >= 11 is 1.42. The van der Waals surface area contributed by atoms with Gasteiger partial charge < -0.3 is 18.6 Å². The lowest BCUT2D eigenvalue weighted by Crippen LogP contribution is -1.99. The molecule has 0 N–H and O–H groups in total. The maximum absolute atomic E-state index is 11.5. The monoisotopic (exact) mass is 472 g/mol. The van der Waals surface area contributed by atoms with Gasteiger partial charge in [0.25, 0.3) is 0 Å². The van der Waals surface area contributed by atoms with Crippen LogP contribution in [0.5, 0.6) is 11.5 Å². The molecule has 8 heteroatoms. The van der Waals surface area contributed by atoms with Crippen molar-refractivity contribution >= 4 is 29.0 Å². The molecule has 0 bridgehead atoms. The summed E-state index contributed by atoms with van der Waals surface area (Å²) in [4.78, 5) is 16.1. The van der Waals surface area contributed by atoms with Crippen LogP contribution in [0, 0.1) is 11.3 Å². The van der Waals surface area contributed by atoms with Gasteiger partial charge in [-0.2, -0.15) is 5.26 Å². The van der Waals surface area contributed by atoms with Crippen molar-refractivity contribution < 1.29 is 23.4 Å². The maximum atomic E-state index is 11.5. The lowest BCUT2D eigenvalue weighted by Gasteiger charge is -2.10. The molecule has 7 nitrogen and oxygen atoms in total. The highest BCUT2D eigenvalue weighted by Gasteiger charge is 2.13. The van der Waals surface area contributed by atoms with E-state index in [-0.39, 0.29) is 12.4 Å². The number of nitriles is 1. The molecule has 0 amide bonds. The molecule has 0 radical (unpaired) electrons. The van der Waals surface area contributed by atoms with Gasteiger partial charge in [0, 0.05) is 10.9 Å². The average Bonchev–Trinajstić information content (AvgIpc) is 3.57. The van der Waals surface area contributed by atoms with Crippen molar-refractivity contribution in [3.63, 3.8) is 0 Å². The van der Waals surface area contributed by atoms with Gasteiger partial charge in [0.15, 0.2) is 11.5 Å². The average molecular weight is 473 g/mol. The molecule has 2 heterocycles. The first-order chi connectivity index (χ1) is 16.6. The summed E-state index contributed by atoms with van der Waals surface area (Å²) in [6.07, 6.45) is 1.76. The van der Waals surface area contributed by atoms with Crippen molar-refractivity contribution in [2.24, 2.45) is 0 Å². The van der Waals surface area contributed by atoms with Gasteiger partial charge in [-0.3, -0.25) is 0 Å². The number of hydrogen-bond acceptors (Lipinski definition) is 8. The van der Waals surface area contributed by atoms with Crippen LogP contribution in [0.15, 0.2) is 70.5 Å². The van der Waals surface area contributed by atoms with Crippen LogP contribution in [0.3, 0.4) is 0 Å². The van der Waals surface area contributed by atoms with E-state index >= 15 is 0 Å². The van der Waals surface area contributed by atoms with Crippen molar-refractivity contribution in [3.8, 4) is 28.8 Å². The Hall–Kier alpha value is -4.35. The number of thiazole rings is 1. The Morgan fingerprint density at radius 1 is 1.12 bits per heavy atom. The van der Waals surface area contributed by atoms with Gasteiger partial charge in [0.1, 0.15) is 23.4 Å². The standard InChI is InChI=1S/C26H20N2O5S/c1-30-24-13-17(8-10-22(24)32-15-20-9-11-23(33-20)26(29)31-2)12-19(14-27)25-28-21(16-34-25)18-6-4-3-5-7-18/h3-13,16H,15H2,1-2H3/b19-12+. The molecule has 170 valence electrons. The number of allylic oxidation sites excluding steroid dienone is 1. The SMILES string of the molecule is COC(=O)c1ccc(COc2ccc(/C=C(\C#N)c3nc(-c4ccccc4)cs3)cc2OC)o1. The van der Waals surface area contributed by atoms with E-state index in [1.807, 2.05) is 41.8 Å². The van der Waals surface area contributed by atoms with E-state index < -0.39 is 5.97 Å². The lowest BCUT2D eigenvalue weighted by molar-refractivity contribution is 0.0561. The zero-order valence-corrected chi connectivity index (χ0v) is 19.3. The fourth-order valence-corrected chi connectivity index (χ4v) is 3.95. The van der Waals surface area contributed by atoms with E-state index in [0.717, 1.165) is 16.8 Å². The van der Waals surface area contributed by atoms with Crippen molar-refractivity contribution in [3.05, 3.63) is 88.1 Å². The minimum absolute atomic E-state index is 0.105. The molecule has 4 aromatic rings. The first-order valence-corrected chi connectivity index (χ1v) is 11.1. The summed E-state index contributed by atoms with van der Waals surface area (Å²) in [5, 5.41) is 12.3. The van der Waals surface area contributed by atoms with Crippen LogP contribution in [-0.4, -0.2) is 25.2 Å². The molecule has 0 unspecified atom stereocenters. The third kappa shape index (κ3) is 5.17. The molecule has 2 aromatic heterocycles. The number of carbonyl (C=O) groups is 1. The van der Waals surface area contributed by atoms with E-state index in [1.165, 1.54) is 31.6 Å². The molecule has 0 spiro atoms. The fourth-order valence-electron chi connectivity index (χ4n) is 3.16. The number of carbonyl (C=O) groups excluding carboxylic acids is 1. The lowest BCUT2D eigenvalue weighted by atomic mass is 10.1. The highest BCUT2D eigenvalue weighted by atomic mass is 32.1. The minimum atomic E-state index is -0.551. The highest BCUT2D eigenvalue weighted by Crippen LogP contribution is 2.32. The van der Waals surface area contributed by atoms with Crippen LogP contribution in [0.1, 0.15) is 26.9 Å². The first-order valence-electron chi connectivity index (χ1n) is 10.2. The highest BCUT2D eigenvalue weighted by molar-refractivity contribution is 7.11. The predicted molar refractivity (Wildman–Crippen MR) is 128 cm³/mol. The molecule has 2 aromatic carbocycles. The minimum Gasteiger partial charge on any atom is -0.493 e. The Bertz CT molecular complexity index is 1370. The number of methoxy groups -OCH3 is 2. The zero-order chi connectivity index (χ0) is 23.9. The van der Waals surface area contributed by atoms with E-state index in [2.05, 4.69) is 15.8 Å². The second-order valence-corrected chi connectivity index (χ2v) is 7.89. The van der Waals surface area contributed by atoms with E-state index in [9.17, 15) is 10.1 Å². The van der Waals surface area contributed by atoms with E-state index in [0.29, 0.717) is 27.8 Å². The first kappa shape index (κ1) is 22.8. The Balaban J connectivity index is 1.51. The fraction of sp³-hybridized carbons (Fsp3) is 0.115. The molecule has 34 heavy (non-hydrogen) atoms. The Kier molecular flexibility index (Phi) is 7.06. The largest absolute Gasteiger partial charge is 0.493 e. The predicted octanol–water partition coefficient (Wildman–Crippen LogP) is 5.84. The number of furan rings is 1. The number of hydrogen-bond donors (Lipinski definition) is 0. The molecule has 0 atom stereocenters. The number of rotatable bonds is 8.